The van der Waals surface area contributed by atoms with Crippen molar-refractivity contribution in [2.24, 2.45) is 11.7 Å². The second-order valence-corrected chi connectivity index (χ2v) is 3.67. The quantitative estimate of drug-likeness (QED) is 0.458. The van der Waals surface area contributed by atoms with Gasteiger partial charge in [0.2, 0.25) is 0 Å². The van der Waals surface area contributed by atoms with Crippen LogP contribution in [0, 0.1) is 5.92 Å². The van der Waals surface area contributed by atoms with Crippen LogP contribution in [0.5, 0.6) is 0 Å². The molecule has 0 spiro atoms. The van der Waals surface area contributed by atoms with Crippen LogP contribution in [-0.2, 0) is 9.63 Å². The van der Waals surface area contributed by atoms with Gasteiger partial charge in [-0.05, 0) is 19.4 Å². The maximum absolute atomic E-state index is 11.0. The minimum absolute atomic E-state index is 0.0697. The van der Waals surface area contributed by atoms with Crippen molar-refractivity contribution in [2.45, 2.75) is 39.5 Å². The monoisotopic (exact) mass is 202 g/mol. The Morgan fingerprint density at radius 3 is 2.50 bits per heavy atom. The highest BCUT2D eigenvalue weighted by Gasteiger charge is 2.07. The first-order chi connectivity index (χ1) is 6.68. The Balaban J connectivity index is 3.10. The molecule has 0 saturated heterocycles. The number of hydrogen-bond acceptors (Lipinski definition) is 4. The third kappa shape index (κ3) is 8.01. The molecule has 0 aromatic rings. The summed E-state index contributed by atoms with van der Waals surface area (Å²) in [6.07, 6.45) is 4.37. The molecule has 0 aromatic carbocycles. The SMILES string of the molecule is CC(C)C(=O)ONCCCCCCN. The van der Waals surface area contributed by atoms with E-state index >= 15 is 0 Å². The summed E-state index contributed by atoms with van der Waals surface area (Å²) in [5.74, 6) is -0.272. The molecule has 0 aliphatic rings. The van der Waals surface area contributed by atoms with Crippen LogP contribution in [-0.4, -0.2) is 19.1 Å². The van der Waals surface area contributed by atoms with Gasteiger partial charge in [0.25, 0.3) is 0 Å². The first-order valence-corrected chi connectivity index (χ1v) is 5.32. The lowest BCUT2D eigenvalue weighted by atomic mass is 10.2. The van der Waals surface area contributed by atoms with E-state index in [1.807, 2.05) is 13.8 Å². The van der Waals surface area contributed by atoms with Crippen LogP contribution < -0.4 is 11.2 Å². The number of hydroxylamine groups is 1. The first kappa shape index (κ1) is 13.4. The summed E-state index contributed by atoms with van der Waals surface area (Å²) in [6.45, 7) is 5.11. The van der Waals surface area contributed by atoms with E-state index in [0.717, 1.165) is 38.8 Å². The van der Waals surface area contributed by atoms with Gasteiger partial charge >= 0.3 is 5.97 Å². The van der Waals surface area contributed by atoms with Crippen molar-refractivity contribution < 1.29 is 9.63 Å². The molecule has 0 atom stereocenters. The third-order valence-corrected chi connectivity index (χ3v) is 1.88. The van der Waals surface area contributed by atoms with Gasteiger partial charge in [0.1, 0.15) is 0 Å². The fourth-order valence-corrected chi connectivity index (χ4v) is 0.935. The molecule has 0 bridgehead atoms. The van der Waals surface area contributed by atoms with Crippen molar-refractivity contribution in [1.82, 2.24) is 5.48 Å². The van der Waals surface area contributed by atoms with Gasteiger partial charge in [-0.3, -0.25) is 4.79 Å². The number of carbonyl (C=O) groups is 1. The van der Waals surface area contributed by atoms with Gasteiger partial charge in [-0.1, -0.05) is 26.7 Å². The Hall–Kier alpha value is -0.610. The third-order valence-electron chi connectivity index (χ3n) is 1.88. The van der Waals surface area contributed by atoms with Crippen LogP contribution in [0.25, 0.3) is 0 Å². The molecule has 4 heteroatoms. The average molecular weight is 202 g/mol. The van der Waals surface area contributed by atoms with Crippen molar-refractivity contribution in [1.29, 1.82) is 0 Å². The lowest BCUT2D eigenvalue weighted by molar-refractivity contribution is -0.154. The number of carbonyl (C=O) groups excluding carboxylic acids is 1. The minimum atomic E-state index is -0.202. The average Bonchev–Trinajstić information content (AvgIpc) is 2.16. The second kappa shape index (κ2) is 8.97. The summed E-state index contributed by atoms with van der Waals surface area (Å²) in [5.41, 5.74) is 8.02. The lowest BCUT2D eigenvalue weighted by Gasteiger charge is -2.07. The van der Waals surface area contributed by atoms with E-state index in [-0.39, 0.29) is 11.9 Å². The summed E-state index contributed by atoms with van der Waals surface area (Å²) in [7, 11) is 0. The zero-order chi connectivity index (χ0) is 10.8. The predicted molar refractivity (Wildman–Crippen MR) is 56.5 cm³/mol. The highest BCUT2D eigenvalue weighted by Crippen LogP contribution is 1.97. The maximum Gasteiger partial charge on any atom is 0.327 e. The van der Waals surface area contributed by atoms with E-state index in [0.29, 0.717) is 0 Å². The number of nitrogens with one attached hydrogen (secondary N) is 1. The molecule has 0 aromatic heterocycles. The molecule has 0 rings (SSSR count). The summed E-state index contributed by atoms with van der Waals surface area (Å²) in [4.78, 5) is 15.8. The molecule has 0 aliphatic carbocycles. The van der Waals surface area contributed by atoms with Crippen molar-refractivity contribution in [3.8, 4) is 0 Å². The minimum Gasteiger partial charge on any atom is -0.370 e. The molecule has 0 amide bonds. The highest BCUT2D eigenvalue weighted by atomic mass is 16.7. The summed E-state index contributed by atoms with van der Waals surface area (Å²) >= 11 is 0. The number of nitrogens with two attached hydrogens (primary N) is 1. The van der Waals surface area contributed by atoms with Crippen molar-refractivity contribution in [2.75, 3.05) is 13.1 Å². The van der Waals surface area contributed by atoms with Crippen LogP contribution in [0.15, 0.2) is 0 Å². The molecular weight excluding hydrogens is 180 g/mol. The fourth-order valence-electron chi connectivity index (χ4n) is 0.935. The molecule has 0 saturated carbocycles. The van der Waals surface area contributed by atoms with Crippen molar-refractivity contribution >= 4 is 5.97 Å². The molecule has 0 heterocycles. The molecule has 84 valence electrons. The van der Waals surface area contributed by atoms with Crippen molar-refractivity contribution in [3.63, 3.8) is 0 Å². The maximum atomic E-state index is 11.0. The zero-order valence-electron chi connectivity index (χ0n) is 9.21. The van der Waals surface area contributed by atoms with E-state index < -0.39 is 0 Å². The Labute approximate surface area is 86.1 Å². The highest BCUT2D eigenvalue weighted by molar-refractivity contribution is 5.71. The largest absolute Gasteiger partial charge is 0.370 e. The Morgan fingerprint density at radius 1 is 1.29 bits per heavy atom. The van der Waals surface area contributed by atoms with Crippen molar-refractivity contribution in [3.05, 3.63) is 0 Å². The Kier molecular flexibility index (Phi) is 8.57. The Bertz CT molecular complexity index is 149. The van der Waals surface area contributed by atoms with Crippen LogP contribution in [0.3, 0.4) is 0 Å². The van der Waals surface area contributed by atoms with Gasteiger partial charge in [0.05, 0.1) is 5.92 Å². The fraction of sp³-hybridized carbons (Fsp3) is 0.900. The molecule has 14 heavy (non-hydrogen) atoms. The smallest absolute Gasteiger partial charge is 0.327 e. The molecule has 0 unspecified atom stereocenters. The topological polar surface area (TPSA) is 64.3 Å². The molecule has 0 aliphatic heterocycles. The number of unbranched alkanes of at least 4 members (excludes halogenated alkanes) is 3. The van der Waals surface area contributed by atoms with Crippen LogP contribution in [0.1, 0.15) is 39.5 Å². The van der Waals surface area contributed by atoms with E-state index in [1.165, 1.54) is 0 Å². The summed E-state index contributed by atoms with van der Waals surface area (Å²) < 4.78 is 0. The summed E-state index contributed by atoms with van der Waals surface area (Å²) in [6, 6.07) is 0. The van der Waals surface area contributed by atoms with Gasteiger partial charge in [0, 0.05) is 6.54 Å². The van der Waals surface area contributed by atoms with Crippen LogP contribution >= 0.6 is 0 Å². The Morgan fingerprint density at radius 2 is 1.93 bits per heavy atom. The normalized spacial score (nSPS) is 10.6. The molecule has 4 nitrogen and oxygen atoms in total. The van der Waals surface area contributed by atoms with Gasteiger partial charge in [0.15, 0.2) is 0 Å². The zero-order valence-corrected chi connectivity index (χ0v) is 9.21. The van der Waals surface area contributed by atoms with Gasteiger partial charge in [-0.2, -0.15) is 5.48 Å². The van der Waals surface area contributed by atoms with E-state index in [4.69, 9.17) is 10.6 Å². The number of rotatable bonds is 8. The molecule has 0 radical (unpaired) electrons. The van der Waals surface area contributed by atoms with Gasteiger partial charge in [-0.15, -0.1) is 0 Å². The molecule has 3 N–H and O–H groups in total. The predicted octanol–water partition coefficient (Wildman–Crippen LogP) is 1.21. The second-order valence-electron chi connectivity index (χ2n) is 3.67. The standard InChI is InChI=1S/C10H22N2O2/c1-9(2)10(13)14-12-8-6-4-3-5-7-11/h9,12H,3-8,11H2,1-2H3. The van der Waals surface area contributed by atoms with Gasteiger partial charge in [-0.25, -0.2) is 0 Å². The number of hydrogen-bond donors (Lipinski definition) is 2. The van der Waals surface area contributed by atoms with Crippen LogP contribution in [0.2, 0.25) is 0 Å². The molecule has 0 fully saturated rings. The van der Waals surface area contributed by atoms with E-state index in [1.54, 1.807) is 0 Å². The van der Waals surface area contributed by atoms with E-state index in [2.05, 4.69) is 5.48 Å². The lowest BCUT2D eigenvalue weighted by Crippen LogP contribution is -2.24. The summed E-state index contributed by atoms with van der Waals surface area (Å²) in [5, 5.41) is 0. The van der Waals surface area contributed by atoms with Crippen LogP contribution in [0.4, 0.5) is 0 Å². The van der Waals surface area contributed by atoms with Gasteiger partial charge < -0.3 is 10.6 Å². The molecular formula is C10H22N2O2. The first-order valence-electron chi connectivity index (χ1n) is 5.32. The van der Waals surface area contributed by atoms with E-state index in [9.17, 15) is 4.79 Å².